The Morgan fingerprint density at radius 2 is 1.77 bits per heavy atom. The number of halogens is 4. The van der Waals surface area contributed by atoms with Crippen LogP contribution in [0.15, 0.2) is 29.3 Å². The predicted octanol–water partition coefficient (Wildman–Crippen LogP) is 3.80. The van der Waals surface area contributed by atoms with Crippen LogP contribution >= 0.6 is 24.0 Å². The number of nitrogens with two attached hydrogens (primary N) is 2. The maximum absolute atomic E-state index is 12.9. The van der Waals surface area contributed by atoms with Gasteiger partial charge < -0.3 is 11.5 Å². The molecule has 1 aliphatic rings. The van der Waals surface area contributed by atoms with Gasteiger partial charge in [-0.25, -0.2) is 0 Å². The van der Waals surface area contributed by atoms with E-state index in [-0.39, 0.29) is 35.4 Å². The molecule has 1 aliphatic carbocycles. The minimum absolute atomic E-state index is 0. The number of guanidine groups is 1. The summed E-state index contributed by atoms with van der Waals surface area (Å²) in [6, 6.07) is 5.56. The van der Waals surface area contributed by atoms with Crippen LogP contribution in [0.25, 0.3) is 0 Å². The van der Waals surface area contributed by atoms with Crippen LogP contribution in [0, 0.1) is 0 Å². The molecule has 3 nitrogen and oxygen atoms in total. The summed E-state index contributed by atoms with van der Waals surface area (Å²) >= 11 is 0. The van der Waals surface area contributed by atoms with Gasteiger partial charge >= 0.3 is 6.18 Å². The van der Waals surface area contributed by atoms with E-state index in [4.69, 9.17) is 11.5 Å². The normalized spacial score (nSPS) is 17.4. The van der Waals surface area contributed by atoms with Gasteiger partial charge in [-0.05, 0) is 24.5 Å². The number of aliphatic imine (C=N–C) groups is 1. The van der Waals surface area contributed by atoms with Gasteiger partial charge in [-0.1, -0.05) is 37.5 Å². The maximum Gasteiger partial charge on any atom is 0.416 e. The molecule has 1 saturated carbocycles. The number of hydrogen-bond donors (Lipinski definition) is 2. The van der Waals surface area contributed by atoms with Gasteiger partial charge in [-0.15, -0.1) is 24.0 Å². The maximum atomic E-state index is 12.9. The summed E-state index contributed by atoms with van der Waals surface area (Å²) in [6.45, 7) is 0.344. The highest BCUT2D eigenvalue weighted by molar-refractivity contribution is 14.0. The Bertz CT molecular complexity index is 519. The average Bonchev–Trinajstić information content (AvgIpc) is 2.45. The third-order valence-corrected chi connectivity index (χ3v) is 4.18. The lowest BCUT2D eigenvalue weighted by Crippen LogP contribution is -2.35. The Kier molecular flexibility index (Phi) is 6.51. The summed E-state index contributed by atoms with van der Waals surface area (Å²) in [5.41, 5.74) is 10.5. The first-order chi connectivity index (χ1) is 9.83. The zero-order valence-corrected chi connectivity index (χ0v) is 14.5. The second-order valence-electron chi connectivity index (χ2n) is 5.66. The third kappa shape index (κ3) is 4.50. The monoisotopic (exact) mass is 427 g/mol. The zero-order chi connectivity index (χ0) is 15.5. The van der Waals surface area contributed by atoms with Gasteiger partial charge in [0.1, 0.15) is 0 Å². The van der Waals surface area contributed by atoms with Crippen LogP contribution in [0.4, 0.5) is 13.2 Å². The lowest BCUT2D eigenvalue weighted by atomic mass is 9.69. The van der Waals surface area contributed by atoms with E-state index < -0.39 is 11.7 Å². The van der Waals surface area contributed by atoms with E-state index >= 15 is 0 Å². The Morgan fingerprint density at radius 3 is 2.32 bits per heavy atom. The van der Waals surface area contributed by atoms with E-state index in [1.807, 2.05) is 0 Å². The summed E-state index contributed by atoms with van der Waals surface area (Å²) in [5, 5.41) is 0. The van der Waals surface area contributed by atoms with Gasteiger partial charge in [0, 0.05) is 5.41 Å². The van der Waals surface area contributed by atoms with E-state index in [9.17, 15) is 13.2 Å². The molecule has 7 heteroatoms. The molecule has 22 heavy (non-hydrogen) atoms. The zero-order valence-electron chi connectivity index (χ0n) is 12.2. The standard InChI is InChI=1S/C15H20F3N3.HI/c16-15(17,18)12-6-4-5-11(9-12)14(10-21-13(19)20)7-2-1-3-8-14;/h4-6,9H,1-3,7-8,10H2,(H4,19,20,21);1H. The van der Waals surface area contributed by atoms with E-state index in [0.29, 0.717) is 12.1 Å². The fourth-order valence-electron chi connectivity index (χ4n) is 3.03. The van der Waals surface area contributed by atoms with Gasteiger partial charge in [-0.2, -0.15) is 13.2 Å². The van der Waals surface area contributed by atoms with Crippen molar-refractivity contribution < 1.29 is 13.2 Å². The molecule has 0 spiro atoms. The highest BCUT2D eigenvalue weighted by Gasteiger charge is 2.36. The first-order valence-corrected chi connectivity index (χ1v) is 7.07. The van der Waals surface area contributed by atoms with Crippen LogP contribution < -0.4 is 11.5 Å². The molecule has 1 aromatic rings. The Hall–Kier alpha value is -0.990. The summed E-state index contributed by atoms with van der Waals surface area (Å²) in [5.74, 6) is -0.0214. The number of nitrogens with zero attached hydrogens (tertiary/aromatic N) is 1. The molecule has 1 aromatic carbocycles. The minimum atomic E-state index is -4.33. The number of rotatable bonds is 3. The molecule has 0 aromatic heterocycles. The molecule has 0 amide bonds. The van der Waals surface area contributed by atoms with Crippen molar-refractivity contribution in [1.29, 1.82) is 0 Å². The third-order valence-electron chi connectivity index (χ3n) is 4.18. The summed E-state index contributed by atoms with van der Waals surface area (Å²) in [6.07, 6.45) is 0.354. The number of hydrogen-bond acceptors (Lipinski definition) is 1. The van der Waals surface area contributed by atoms with Crippen LogP contribution in [0.1, 0.15) is 43.2 Å². The highest BCUT2D eigenvalue weighted by atomic mass is 127. The van der Waals surface area contributed by atoms with Crippen molar-refractivity contribution in [3.63, 3.8) is 0 Å². The predicted molar refractivity (Wildman–Crippen MR) is 92.3 cm³/mol. The molecule has 0 bridgehead atoms. The second kappa shape index (κ2) is 7.52. The van der Waals surface area contributed by atoms with Crippen molar-refractivity contribution in [2.45, 2.75) is 43.7 Å². The summed E-state index contributed by atoms with van der Waals surface area (Å²) < 4.78 is 38.7. The molecule has 0 unspecified atom stereocenters. The first-order valence-electron chi connectivity index (χ1n) is 7.07. The fourth-order valence-corrected chi connectivity index (χ4v) is 3.03. The van der Waals surface area contributed by atoms with Crippen LogP contribution in [-0.4, -0.2) is 12.5 Å². The number of alkyl halides is 3. The van der Waals surface area contributed by atoms with Crippen molar-refractivity contribution >= 4 is 29.9 Å². The van der Waals surface area contributed by atoms with Crippen LogP contribution in [0.3, 0.4) is 0 Å². The molecular formula is C15H21F3IN3. The van der Waals surface area contributed by atoms with Gasteiger partial charge in [0.15, 0.2) is 5.96 Å². The van der Waals surface area contributed by atoms with Gasteiger partial charge in [0.05, 0.1) is 12.1 Å². The topological polar surface area (TPSA) is 64.4 Å². The van der Waals surface area contributed by atoms with Gasteiger partial charge in [0.25, 0.3) is 0 Å². The van der Waals surface area contributed by atoms with Crippen molar-refractivity contribution in [2.24, 2.45) is 16.5 Å². The summed E-state index contributed by atoms with van der Waals surface area (Å²) in [4.78, 5) is 4.08. The molecular weight excluding hydrogens is 406 g/mol. The quantitative estimate of drug-likeness (QED) is 0.438. The SMILES string of the molecule is I.NC(N)=NCC1(c2cccc(C(F)(F)F)c2)CCCCC1. The Balaban J connectivity index is 0.00000242. The van der Waals surface area contributed by atoms with Crippen molar-refractivity contribution in [2.75, 3.05) is 6.54 Å². The Morgan fingerprint density at radius 1 is 1.14 bits per heavy atom. The molecule has 0 heterocycles. The molecule has 4 N–H and O–H groups in total. The van der Waals surface area contributed by atoms with Crippen LogP contribution in [-0.2, 0) is 11.6 Å². The first kappa shape index (κ1) is 19.1. The lowest BCUT2D eigenvalue weighted by Gasteiger charge is -2.37. The smallest absolute Gasteiger partial charge is 0.370 e. The molecule has 0 aliphatic heterocycles. The van der Waals surface area contributed by atoms with E-state index in [1.165, 1.54) is 12.1 Å². The van der Waals surface area contributed by atoms with Crippen LogP contribution in [0.2, 0.25) is 0 Å². The molecule has 1 fully saturated rings. The molecule has 124 valence electrons. The van der Waals surface area contributed by atoms with Gasteiger partial charge in [0.2, 0.25) is 0 Å². The molecule has 2 rings (SSSR count). The largest absolute Gasteiger partial charge is 0.416 e. The van der Waals surface area contributed by atoms with E-state index in [0.717, 1.165) is 38.2 Å². The van der Waals surface area contributed by atoms with Crippen molar-refractivity contribution in [3.05, 3.63) is 35.4 Å². The highest BCUT2D eigenvalue weighted by Crippen LogP contribution is 2.41. The molecule has 0 saturated heterocycles. The van der Waals surface area contributed by atoms with E-state index in [2.05, 4.69) is 4.99 Å². The van der Waals surface area contributed by atoms with E-state index in [1.54, 1.807) is 6.07 Å². The molecule has 0 radical (unpaired) electrons. The minimum Gasteiger partial charge on any atom is -0.370 e. The van der Waals surface area contributed by atoms with Crippen molar-refractivity contribution in [3.8, 4) is 0 Å². The van der Waals surface area contributed by atoms with Crippen molar-refractivity contribution in [1.82, 2.24) is 0 Å². The van der Waals surface area contributed by atoms with Gasteiger partial charge in [-0.3, -0.25) is 4.99 Å². The average molecular weight is 427 g/mol. The molecule has 0 atom stereocenters. The summed E-state index contributed by atoms with van der Waals surface area (Å²) in [7, 11) is 0. The number of benzene rings is 1. The van der Waals surface area contributed by atoms with Crippen LogP contribution in [0.5, 0.6) is 0 Å². The lowest BCUT2D eigenvalue weighted by molar-refractivity contribution is -0.137. The fraction of sp³-hybridized carbons (Fsp3) is 0.533. The second-order valence-corrected chi connectivity index (χ2v) is 5.66. The Labute approximate surface area is 145 Å².